The molecule has 3 atom stereocenters. The molecule has 0 bridgehead atoms. The lowest BCUT2D eigenvalue weighted by Gasteiger charge is -2.38. The Bertz CT molecular complexity index is 351. The molecule has 2 rings (SSSR count). The minimum absolute atomic E-state index is 0.0444. The van der Waals surface area contributed by atoms with Gasteiger partial charge in [-0.2, -0.15) is 0 Å². The topological polar surface area (TPSA) is 32.3 Å². The first-order valence-corrected chi connectivity index (χ1v) is 8.45. The normalized spacial score (nSPS) is 33.4. The van der Waals surface area contributed by atoms with E-state index in [0.29, 0.717) is 17.9 Å². The average molecular weight is 280 g/mol. The fourth-order valence-electron chi connectivity index (χ4n) is 4.05. The van der Waals surface area contributed by atoms with E-state index in [2.05, 4.69) is 44.8 Å². The van der Waals surface area contributed by atoms with Crippen molar-refractivity contribution in [3.63, 3.8) is 0 Å². The van der Waals surface area contributed by atoms with Crippen molar-refractivity contribution in [2.24, 2.45) is 11.3 Å². The van der Waals surface area contributed by atoms with Gasteiger partial charge >= 0.3 is 0 Å². The maximum Gasteiger partial charge on any atom is 0.241 e. The smallest absolute Gasteiger partial charge is 0.241 e. The molecule has 0 radical (unpaired) electrons. The maximum atomic E-state index is 12.9. The Morgan fingerprint density at radius 3 is 2.60 bits per heavy atom. The highest BCUT2D eigenvalue weighted by Gasteiger charge is 2.48. The number of amides is 1. The zero-order valence-corrected chi connectivity index (χ0v) is 13.9. The van der Waals surface area contributed by atoms with Crippen molar-refractivity contribution in [2.75, 3.05) is 0 Å². The molecule has 3 unspecified atom stereocenters. The van der Waals surface area contributed by atoms with Crippen LogP contribution in [-0.4, -0.2) is 29.1 Å². The summed E-state index contributed by atoms with van der Waals surface area (Å²) in [4.78, 5) is 15.1. The average Bonchev–Trinajstić information content (AvgIpc) is 2.81. The Morgan fingerprint density at radius 2 is 2.10 bits per heavy atom. The molecule has 1 amide bonds. The summed E-state index contributed by atoms with van der Waals surface area (Å²) < 4.78 is 0. The summed E-state index contributed by atoms with van der Waals surface area (Å²) in [7, 11) is 0. The third-order valence-corrected chi connectivity index (χ3v) is 5.09. The molecule has 1 N–H and O–H groups in total. The van der Waals surface area contributed by atoms with Crippen molar-refractivity contribution in [2.45, 2.75) is 91.4 Å². The molecular weight excluding hydrogens is 248 g/mol. The van der Waals surface area contributed by atoms with Crippen LogP contribution in [0.4, 0.5) is 0 Å². The predicted molar refractivity (Wildman–Crippen MR) is 83.3 cm³/mol. The van der Waals surface area contributed by atoms with Crippen molar-refractivity contribution >= 4 is 5.91 Å². The van der Waals surface area contributed by atoms with E-state index in [4.69, 9.17) is 0 Å². The van der Waals surface area contributed by atoms with E-state index in [-0.39, 0.29) is 17.6 Å². The molecule has 1 aliphatic carbocycles. The number of carbonyl (C=O) groups excluding carboxylic acids is 1. The number of rotatable bonds is 5. The van der Waals surface area contributed by atoms with Gasteiger partial charge in [0.25, 0.3) is 0 Å². The summed E-state index contributed by atoms with van der Waals surface area (Å²) in [6, 6.07) is 0.471. The van der Waals surface area contributed by atoms with E-state index in [1.807, 2.05) is 0 Å². The van der Waals surface area contributed by atoms with Crippen molar-refractivity contribution in [3.8, 4) is 0 Å². The first kappa shape index (κ1) is 15.8. The lowest BCUT2D eigenvalue weighted by molar-refractivity contribution is -0.134. The predicted octanol–water partition coefficient (Wildman–Crippen LogP) is 3.54. The van der Waals surface area contributed by atoms with Crippen LogP contribution in [0.3, 0.4) is 0 Å². The van der Waals surface area contributed by atoms with Crippen LogP contribution in [-0.2, 0) is 4.79 Å². The van der Waals surface area contributed by atoms with Gasteiger partial charge in [0.2, 0.25) is 5.91 Å². The van der Waals surface area contributed by atoms with E-state index in [9.17, 15) is 4.79 Å². The first-order valence-electron chi connectivity index (χ1n) is 8.45. The molecule has 116 valence electrons. The fourth-order valence-corrected chi connectivity index (χ4v) is 4.05. The van der Waals surface area contributed by atoms with Crippen LogP contribution in [0.25, 0.3) is 0 Å². The molecule has 20 heavy (non-hydrogen) atoms. The Morgan fingerprint density at radius 1 is 1.40 bits per heavy atom. The third kappa shape index (κ3) is 3.03. The van der Waals surface area contributed by atoms with Gasteiger partial charge in [0.1, 0.15) is 0 Å². The zero-order chi connectivity index (χ0) is 14.9. The summed E-state index contributed by atoms with van der Waals surface area (Å²) in [6.07, 6.45) is 7.11. The largest absolute Gasteiger partial charge is 0.322 e. The number of nitrogens with one attached hydrogen (secondary N) is 1. The highest BCUT2D eigenvalue weighted by molar-refractivity contribution is 5.84. The van der Waals surface area contributed by atoms with Crippen LogP contribution in [0.1, 0.15) is 73.1 Å². The molecule has 1 saturated carbocycles. The van der Waals surface area contributed by atoms with Gasteiger partial charge in [-0.25, -0.2) is 0 Å². The molecule has 0 aromatic heterocycles. The van der Waals surface area contributed by atoms with Crippen LogP contribution in [0.2, 0.25) is 0 Å². The van der Waals surface area contributed by atoms with Crippen LogP contribution in [0.15, 0.2) is 0 Å². The van der Waals surface area contributed by atoms with Crippen LogP contribution >= 0.6 is 0 Å². The first-order chi connectivity index (χ1) is 9.36. The summed E-state index contributed by atoms with van der Waals surface area (Å²) in [6.45, 7) is 11.3. The molecule has 1 aliphatic heterocycles. The molecule has 2 aliphatic rings. The van der Waals surface area contributed by atoms with Gasteiger partial charge in [-0.15, -0.1) is 0 Å². The highest BCUT2D eigenvalue weighted by atomic mass is 16.2. The molecule has 0 aromatic rings. The van der Waals surface area contributed by atoms with E-state index in [0.717, 1.165) is 19.3 Å². The van der Waals surface area contributed by atoms with Crippen molar-refractivity contribution in [1.29, 1.82) is 0 Å². The van der Waals surface area contributed by atoms with Crippen LogP contribution in [0, 0.1) is 11.3 Å². The lowest BCUT2D eigenvalue weighted by atomic mass is 9.86. The second-order valence-corrected chi connectivity index (χ2v) is 7.80. The highest BCUT2D eigenvalue weighted by Crippen LogP contribution is 2.42. The number of hydrogen-bond acceptors (Lipinski definition) is 2. The SMILES string of the molecule is CCCC1NC(CC(C)C)C(=O)N1C1CCCC1(C)C. The number of hydrogen-bond donors (Lipinski definition) is 1. The van der Waals surface area contributed by atoms with Gasteiger partial charge in [-0.3, -0.25) is 10.1 Å². The second-order valence-electron chi connectivity index (χ2n) is 7.80. The standard InChI is InChI=1S/C17H32N2O/c1-6-8-15-18-13(11-12(2)3)16(20)19(15)14-9-7-10-17(14,4)5/h12-15,18H,6-11H2,1-5H3. The van der Waals surface area contributed by atoms with Gasteiger partial charge in [-0.05, 0) is 37.0 Å². The molecule has 1 saturated heterocycles. The van der Waals surface area contributed by atoms with Gasteiger partial charge in [0.15, 0.2) is 0 Å². The zero-order valence-electron chi connectivity index (χ0n) is 13.9. The minimum atomic E-state index is 0.0444. The van der Waals surface area contributed by atoms with Crippen molar-refractivity contribution in [3.05, 3.63) is 0 Å². The molecule has 0 aromatic carbocycles. The van der Waals surface area contributed by atoms with Gasteiger partial charge in [0, 0.05) is 6.04 Å². The minimum Gasteiger partial charge on any atom is -0.322 e. The van der Waals surface area contributed by atoms with Gasteiger partial charge < -0.3 is 4.90 Å². The maximum absolute atomic E-state index is 12.9. The number of carbonyl (C=O) groups is 1. The fraction of sp³-hybridized carbons (Fsp3) is 0.941. The monoisotopic (exact) mass is 280 g/mol. The Kier molecular flexibility index (Phi) is 4.78. The lowest BCUT2D eigenvalue weighted by Crippen LogP contribution is -2.49. The van der Waals surface area contributed by atoms with Gasteiger partial charge in [-0.1, -0.05) is 47.5 Å². The van der Waals surface area contributed by atoms with E-state index < -0.39 is 0 Å². The Hall–Kier alpha value is -0.570. The van der Waals surface area contributed by atoms with E-state index >= 15 is 0 Å². The Balaban J connectivity index is 2.17. The van der Waals surface area contributed by atoms with Crippen LogP contribution < -0.4 is 5.32 Å². The Labute approximate surface area is 124 Å². The molecular formula is C17H32N2O. The van der Waals surface area contributed by atoms with Crippen LogP contribution in [0.5, 0.6) is 0 Å². The number of nitrogens with zero attached hydrogens (tertiary/aromatic N) is 1. The van der Waals surface area contributed by atoms with Gasteiger partial charge in [0.05, 0.1) is 12.2 Å². The van der Waals surface area contributed by atoms with E-state index in [1.54, 1.807) is 0 Å². The molecule has 2 fully saturated rings. The van der Waals surface area contributed by atoms with Crippen molar-refractivity contribution in [1.82, 2.24) is 10.2 Å². The summed E-state index contributed by atoms with van der Waals surface area (Å²) >= 11 is 0. The summed E-state index contributed by atoms with van der Waals surface area (Å²) in [5.41, 5.74) is 0.274. The third-order valence-electron chi connectivity index (χ3n) is 5.09. The second kappa shape index (κ2) is 6.05. The molecule has 1 heterocycles. The molecule has 0 spiro atoms. The summed E-state index contributed by atoms with van der Waals surface area (Å²) in [5, 5.41) is 3.61. The quantitative estimate of drug-likeness (QED) is 0.835. The molecule has 3 nitrogen and oxygen atoms in total. The molecule has 3 heteroatoms. The van der Waals surface area contributed by atoms with E-state index in [1.165, 1.54) is 19.3 Å². The summed E-state index contributed by atoms with van der Waals surface area (Å²) in [5.74, 6) is 0.924. The van der Waals surface area contributed by atoms with Crippen molar-refractivity contribution < 1.29 is 4.79 Å².